The van der Waals surface area contributed by atoms with Crippen LogP contribution in [0.1, 0.15) is 39.5 Å². The van der Waals surface area contributed by atoms with Crippen LogP contribution in [0.25, 0.3) is 11.1 Å². The highest BCUT2D eigenvalue weighted by Gasteiger charge is 2.32. The summed E-state index contributed by atoms with van der Waals surface area (Å²) in [5.41, 5.74) is 8.98. The van der Waals surface area contributed by atoms with E-state index in [2.05, 4.69) is 24.1 Å². The minimum absolute atomic E-state index is 0.253. The molecule has 5 nitrogen and oxygen atoms in total. The Morgan fingerprint density at radius 1 is 1.40 bits per heavy atom. The minimum Gasteiger partial charge on any atom is -0.408 e. The van der Waals surface area contributed by atoms with Crippen molar-refractivity contribution in [2.24, 2.45) is 5.41 Å². The van der Waals surface area contributed by atoms with Crippen LogP contribution in [-0.4, -0.2) is 11.0 Å². The van der Waals surface area contributed by atoms with E-state index in [0.29, 0.717) is 22.8 Å². The number of H-pyrrole nitrogens is 1. The molecule has 1 fully saturated rings. The van der Waals surface area contributed by atoms with Crippen molar-refractivity contribution in [3.05, 3.63) is 22.7 Å². The normalized spacial score (nSPS) is 22.0. The monoisotopic (exact) mass is 275 g/mol. The van der Waals surface area contributed by atoms with Crippen LogP contribution in [0, 0.1) is 5.41 Å². The van der Waals surface area contributed by atoms with Gasteiger partial charge in [0.2, 0.25) is 0 Å². The molecule has 0 spiro atoms. The van der Waals surface area contributed by atoms with Crippen LogP contribution in [0.3, 0.4) is 0 Å². The summed E-state index contributed by atoms with van der Waals surface area (Å²) < 4.78 is 5.02. The Kier molecular flexibility index (Phi) is 3.00. The van der Waals surface area contributed by atoms with E-state index in [1.165, 1.54) is 19.3 Å². The van der Waals surface area contributed by atoms with Gasteiger partial charge in [-0.2, -0.15) is 0 Å². The van der Waals surface area contributed by atoms with E-state index in [-0.39, 0.29) is 5.41 Å². The van der Waals surface area contributed by atoms with Crippen LogP contribution in [0.2, 0.25) is 0 Å². The number of nitrogen functional groups attached to an aromatic ring is 1. The zero-order valence-electron chi connectivity index (χ0n) is 12.0. The lowest BCUT2D eigenvalue weighted by molar-refractivity contribution is 0.217. The number of hydrogen-bond donors (Lipinski definition) is 3. The minimum atomic E-state index is -0.449. The Morgan fingerprint density at radius 2 is 2.20 bits per heavy atom. The molecule has 0 aliphatic heterocycles. The van der Waals surface area contributed by atoms with Gasteiger partial charge in [-0.05, 0) is 24.3 Å². The Hall–Kier alpha value is -1.91. The van der Waals surface area contributed by atoms with E-state index in [4.69, 9.17) is 10.2 Å². The Balaban J connectivity index is 1.93. The summed E-state index contributed by atoms with van der Waals surface area (Å²) in [5, 5.41) is 3.55. The molecule has 0 bridgehead atoms. The van der Waals surface area contributed by atoms with Gasteiger partial charge in [-0.3, -0.25) is 4.98 Å². The van der Waals surface area contributed by atoms with E-state index in [9.17, 15) is 4.79 Å². The molecule has 0 radical (unpaired) electrons. The zero-order chi connectivity index (χ0) is 14.3. The van der Waals surface area contributed by atoms with Crippen molar-refractivity contribution in [1.29, 1.82) is 0 Å². The molecule has 1 saturated carbocycles. The number of nitrogens with one attached hydrogen (secondary N) is 2. The maximum absolute atomic E-state index is 11.2. The number of nitrogens with two attached hydrogens (primary N) is 1. The molecule has 1 aliphatic rings. The van der Waals surface area contributed by atoms with Gasteiger partial charge in [0.15, 0.2) is 5.58 Å². The fourth-order valence-electron chi connectivity index (χ4n) is 3.09. The van der Waals surface area contributed by atoms with Crippen LogP contribution in [-0.2, 0) is 0 Å². The first-order valence-electron chi connectivity index (χ1n) is 7.14. The summed E-state index contributed by atoms with van der Waals surface area (Å²) >= 11 is 0. The molecule has 0 amide bonds. The predicted molar refractivity (Wildman–Crippen MR) is 80.9 cm³/mol. The highest BCUT2D eigenvalue weighted by molar-refractivity contribution is 5.85. The van der Waals surface area contributed by atoms with E-state index >= 15 is 0 Å². The van der Waals surface area contributed by atoms with Gasteiger partial charge in [-0.1, -0.05) is 26.7 Å². The molecule has 1 heterocycles. The first-order valence-corrected chi connectivity index (χ1v) is 7.14. The van der Waals surface area contributed by atoms with Gasteiger partial charge >= 0.3 is 5.76 Å². The summed E-state index contributed by atoms with van der Waals surface area (Å²) in [4.78, 5) is 13.9. The molecule has 3 rings (SSSR count). The maximum atomic E-state index is 11.2. The van der Waals surface area contributed by atoms with Gasteiger partial charge in [0.05, 0.1) is 16.9 Å². The maximum Gasteiger partial charge on any atom is 0.417 e. The van der Waals surface area contributed by atoms with E-state index < -0.39 is 5.76 Å². The Morgan fingerprint density at radius 3 is 2.95 bits per heavy atom. The van der Waals surface area contributed by atoms with Crippen molar-refractivity contribution in [3.63, 3.8) is 0 Å². The number of aromatic nitrogens is 1. The highest BCUT2D eigenvalue weighted by atomic mass is 16.4. The second kappa shape index (κ2) is 4.58. The Bertz CT molecular complexity index is 684. The first kappa shape index (κ1) is 13.1. The summed E-state index contributed by atoms with van der Waals surface area (Å²) in [6, 6.07) is 3.96. The highest BCUT2D eigenvalue weighted by Crippen LogP contribution is 2.38. The number of hydrogen-bond acceptors (Lipinski definition) is 4. The molecule has 0 saturated heterocycles. The smallest absolute Gasteiger partial charge is 0.408 e. The number of rotatable bonds is 2. The summed E-state index contributed by atoms with van der Waals surface area (Å²) in [6.45, 7) is 4.58. The van der Waals surface area contributed by atoms with Crippen LogP contribution < -0.4 is 16.8 Å². The summed E-state index contributed by atoms with van der Waals surface area (Å²) in [7, 11) is 0. The zero-order valence-corrected chi connectivity index (χ0v) is 12.0. The van der Waals surface area contributed by atoms with E-state index in [0.717, 1.165) is 12.1 Å². The average Bonchev–Trinajstić information content (AvgIpc) is 2.71. The fourth-order valence-corrected chi connectivity index (χ4v) is 3.09. The molecule has 20 heavy (non-hydrogen) atoms. The first-order chi connectivity index (χ1) is 9.45. The molecule has 5 heteroatoms. The molecular formula is C15H21N3O2. The van der Waals surface area contributed by atoms with Gasteiger partial charge in [0.25, 0.3) is 0 Å². The molecule has 4 N–H and O–H groups in total. The van der Waals surface area contributed by atoms with E-state index in [1.807, 2.05) is 6.07 Å². The van der Waals surface area contributed by atoms with Crippen LogP contribution in [0.5, 0.6) is 0 Å². The topological polar surface area (TPSA) is 84.0 Å². The SMILES string of the molecule is CC1(C)CCCCC1Nc1cc2[nH]c(=O)oc2cc1N. The number of anilines is 2. The average molecular weight is 275 g/mol. The number of benzene rings is 1. The van der Waals surface area contributed by atoms with Gasteiger partial charge in [-0.15, -0.1) is 0 Å². The molecule has 1 atom stereocenters. The van der Waals surface area contributed by atoms with Crippen LogP contribution in [0.4, 0.5) is 11.4 Å². The standard InChI is InChI=1S/C15H21N3O2/c1-15(2)6-4-3-5-13(15)17-10-8-11-12(7-9(10)16)20-14(19)18-11/h7-8,13,17H,3-6,16H2,1-2H3,(H,18,19). The predicted octanol–water partition coefficient (Wildman–Crippen LogP) is 3.08. The van der Waals surface area contributed by atoms with Gasteiger partial charge < -0.3 is 15.5 Å². The van der Waals surface area contributed by atoms with Crippen molar-refractivity contribution in [3.8, 4) is 0 Å². The van der Waals surface area contributed by atoms with Gasteiger partial charge in [0, 0.05) is 12.1 Å². The summed E-state index contributed by atoms with van der Waals surface area (Å²) in [5.74, 6) is -0.449. The number of aromatic amines is 1. The molecule has 1 aromatic heterocycles. The largest absolute Gasteiger partial charge is 0.417 e. The van der Waals surface area contributed by atoms with Crippen molar-refractivity contribution in [1.82, 2.24) is 4.98 Å². The number of fused-ring (bicyclic) bond motifs is 1. The van der Waals surface area contributed by atoms with Crippen LogP contribution >= 0.6 is 0 Å². The lowest BCUT2D eigenvalue weighted by atomic mass is 9.73. The van der Waals surface area contributed by atoms with Crippen molar-refractivity contribution >= 4 is 22.5 Å². The van der Waals surface area contributed by atoms with Crippen molar-refractivity contribution < 1.29 is 4.42 Å². The molecule has 2 aromatic rings. The van der Waals surface area contributed by atoms with Crippen molar-refractivity contribution in [2.45, 2.75) is 45.6 Å². The second-order valence-corrected chi connectivity index (χ2v) is 6.38. The lowest BCUT2D eigenvalue weighted by Gasteiger charge is -2.39. The third-order valence-electron chi connectivity index (χ3n) is 4.43. The number of oxazole rings is 1. The third kappa shape index (κ3) is 2.28. The van der Waals surface area contributed by atoms with Gasteiger partial charge in [0.1, 0.15) is 0 Å². The Labute approximate surface area is 117 Å². The van der Waals surface area contributed by atoms with Gasteiger partial charge in [-0.25, -0.2) is 4.79 Å². The molecule has 1 aliphatic carbocycles. The second-order valence-electron chi connectivity index (χ2n) is 6.38. The fraction of sp³-hybridized carbons (Fsp3) is 0.533. The van der Waals surface area contributed by atoms with E-state index in [1.54, 1.807) is 6.07 Å². The quantitative estimate of drug-likeness (QED) is 0.735. The third-order valence-corrected chi connectivity index (χ3v) is 4.43. The summed E-state index contributed by atoms with van der Waals surface area (Å²) in [6.07, 6.45) is 4.89. The molecular weight excluding hydrogens is 254 g/mol. The molecule has 1 aromatic carbocycles. The molecule has 1 unspecified atom stereocenters. The van der Waals surface area contributed by atoms with Crippen LogP contribution in [0.15, 0.2) is 21.3 Å². The molecule has 108 valence electrons. The lowest BCUT2D eigenvalue weighted by Crippen LogP contribution is -2.39. The van der Waals surface area contributed by atoms with Crippen molar-refractivity contribution in [2.75, 3.05) is 11.1 Å².